The summed E-state index contributed by atoms with van der Waals surface area (Å²) in [7, 11) is 0. The van der Waals surface area contributed by atoms with Gasteiger partial charge in [0.25, 0.3) is 17.0 Å². The standard InChI is InChI=1S/C25H24N2O7S/c1-16-8-9-18(14-23(16)27(30)31)17-10-12-19(13-11-17)26(35(32)33)22-6-2-5-21-20(22)4-3-7-24(21)34-15-25(28)29/h3-4,7-14,22H,2,5-6,15H2,1H3,(H,28,29)(H,32,33). The number of nitro groups is 1. The summed E-state index contributed by atoms with van der Waals surface area (Å²) >= 11 is -2.33. The number of hydrogen-bond donors (Lipinski definition) is 2. The lowest BCUT2D eigenvalue weighted by atomic mass is 9.87. The molecule has 35 heavy (non-hydrogen) atoms. The minimum atomic E-state index is -2.33. The molecule has 4 rings (SSSR count). The number of carboxylic acids is 1. The number of hydrogen-bond acceptors (Lipinski definition) is 5. The lowest BCUT2D eigenvalue weighted by Gasteiger charge is -2.35. The minimum absolute atomic E-state index is 0.0319. The second-order valence-corrected chi connectivity index (χ2v) is 9.13. The van der Waals surface area contributed by atoms with E-state index in [4.69, 9.17) is 9.84 Å². The van der Waals surface area contributed by atoms with Gasteiger partial charge in [-0.15, -0.1) is 0 Å². The van der Waals surface area contributed by atoms with E-state index < -0.39 is 34.8 Å². The molecule has 0 aliphatic heterocycles. The van der Waals surface area contributed by atoms with Crippen molar-refractivity contribution in [1.29, 1.82) is 0 Å². The molecule has 182 valence electrons. The monoisotopic (exact) mass is 496 g/mol. The molecule has 1 aliphatic carbocycles. The number of aliphatic carboxylic acids is 1. The Balaban J connectivity index is 1.67. The van der Waals surface area contributed by atoms with E-state index in [0.717, 1.165) is 23.1 Å². The molecule has 10 heteroatoms. The third-order valence-corrected chi connectivity index (χ3v) is 6.90. The second-order valence-electron chi connectivity index (χ2n) is 8.28. The Bertz CT molecular complexity index is 1290. The fraction of sp³-hybridized carbons (Fsp3) is 0.240. The molecule has 1 aliphatic rings. The Morgan fingerprint density at radius 2 is 1.89 bits per heavy atom. The van der Waals surface area contributed by atoms with Gasteiger partial charge in [-0.3, -0.25) is 19.0 Å². The molecular formula is C25H24N2O7S. The van der Waals surface area contributed by atoms with Crippen molar-refractivity contribution < 1.29 is 28.3 Å². The minimum Gasteiger partial charge on any atom is -0.482 e. The SMILES string of the molecule is Cc1ccc(-c2ccc(N(C3CCCc4c(OCC(=O)O)cccc43)S(=O)O)cc2)cc1[N+](=O)[O-]. The number of anilines is 1. The topological polar surface area (TPSA) is 130 Å². The molecule has 2 N–H and O–H groups in total. The van der Waals surface area contributed by atoms with Crippen molar-refractivity contribution in [2.75, 3.05) is 10.9 Å². The lowest BCUT2D eigenvalue weighted by molar-refractivity contribution is -0.385. The number of aryl methyl sites for hydroxylation is 1. The quantitative estimate of drug-likeness (QED) is 0.253. The molecule has 2 unspecified atom stereocenters. The molecule has 0 fully saturated rings. The number of benzene rings is 3. The average Bonchev–Trinajstić information content (AvgIpc) is 2.83. The van der Waals surface area contributed by atoms with Gasteiger partial charge >= 0.3 is 5.97 Å². The molecule has 0 saturated heterocycles. The predicted octanol–water partition coefficient (Wildman–Crippen LogP) is 5.05. The maximum Gasteiger partial charge on any atom is 0.341 e. The molecule has 3 aromatic rings. The third kappa shape index (κ3) is 5.18. The van der Waals surface area contributed by atoms with Crippen LogP contribution in [0.5, 0.6) is 5.75 Å². The van der Waals surface area contributed by atoms with Gasteiger partial charge in [0.05, 0.1) is 16.7 Å². The Labute approximate surface area is 204 Å². The predicted molar refractivity (Wildman–Crippen MR) is 132 cm³/mol. The zero-order valence-corrected chi connectivity index (χ0v) is 19.7. The summed E-state index contributed by atoms with van der Waals surface area (Å²) in [5.74, 6) is -0.610. The summed E-state index contributed by atoms with van der Waals surface area (Å²) in [6.45, 7) is 1.22. The Hall–Kier alpha value is -3.76. The van der Waals surface area contributed by atoms with Crippen LogP contribution in [-0.4, -0.2) is 31.4 Å². The van der Waals surface area contributed by atoms with Gasteiger partial charge in [-0.05, 0) is 66.6 Å². The van der Waals surface area contributed by atoms with Crippen molar-refractivity contribution in [3.05, 3.63) is 87.5 Å². The fourth-order valence-corrected chi connectivity index (χ4v) is 5.21. The summed E-state index contributed by atoms with van der Waals surface area (Å²) in [4.78, 5) is 21.8. The van der Waals surface area contributed by atoms with Crippen molar-refractivity contribution in [2.45, 2.75) is 32.2 Å². The normalized spacial score (nSPS) is 15.7. The lowest BCUT2D eigenvalue weighted by Crippen LogP contribution is -2.33. The molecule has 0 radical (unpaired) electrons. The van der Waals surface area contributed by atoms with Crippen LogP contribution in [0.3, 0.4) is 0 Å². The highest BCUT2D eigenvalue weighted by molar-refractivity contribution is 7.80. The molecule has 3 aromatic carbocycles. The molecule has 0 aromatic heterocycles. The van der Waals surface area contributed by atoms with Crippen LogP contribution in [-0.2, 0) is 22.5 Å². The van der Waals surface area contributed by atoms with Gasteiger partial charge in [0.15, 0.2) is 6.61 Å². The van der Waals surface area contributed by atoms with E-state index in [-0.39, 0.29) is 5.69 Å². The number of rotatable bonds is 8. The highest BCUT2D eigenvalue weighted by Gasteiger charge is 2.31. The van der Waals surface area contributed by atoms with Crippen LogP contribution in [0.25, 0.3) is 11.1 Å². The van der Waals surface area contributed by atoms with Crippen molar-refractivity contribution in [3.63, 3.8) is 0 Å². The second kappa shape index (κ2) is 10.2. The van der Waals surface area contributed by atoms with Crippen LogP contribution in [0.4, 0.5) is 11.4 Å². The highest BCUT2D eigenvalue weighted by atomic mass is 32.2. The molecule has 0 saturated carbocycles. The summed E-state index contributed by atoms with van der Waals surface area (Å²) in [5, 5.41) is 20.3. The largest absolute Gasteiger partial charge is 0.482 e. The van der Waals surface area contributed by atoms with E-state index in [1.165, 1.54) is 10.4 Å². The molecule has 2 atom stereocenters. The van der Waals surface area contributed by atoms with E-state index in [2.05, 4.69) is 0 Å². The van der Waals surface area contributed by atoms with Crippen LogP contribution in [0.15, 0.2) is 60.7 Å². The van der Waals surface area contributed by atoms with Crippen molar-refractivity contribution in [3.8, 4) is 16.9 Å². The van der Waals surface area contributed by atoms with Crippen molar-refractivity contribution in [1.82, 2.24) is 0 Å². The van der Waals surface area contributed by atoms with Crippen LogP contribution >= 0.6 is 0 Å². The van der Waals surface area contributed by atoms with Gasteiger partial charge in [0.2, 0.25) is 0 Å². The number of nitro benzene ring substituents is 1. The highest BCUT2D eigenvalue weighted by Crippen LogP contribution is 2.41. The Morgan fingerprint density at radius 1 is 1.17 bits per heavy atom. The molecule has 0 heterocycles. The van der Waals surface area contributed by atoms with Crippen LogP contribution in [0.1, 0.15) is 35.6 Å². The molecule has 0 amide bonds. The first kappa shape index (κ1) is 24.4. The van der Waals surface area contributed by atoms with E-state index in [1.807, 2.05) is 6.07 Å². The van der Waals surface area contributed by atoms with Gasteiger partial charge in [0, 0.05) is 11.6 Å². The molecule has 0 spiro atoms. The average molecular weight is 497 g/mol. The van der Waals surface area contributed by atoms with Crippen molar-refractivity contribution in [2.24, 2.45) is 0 Å². The zero-order valence-electron chi connectivity index (χ0n) is 18.9. The van der Waals surface area contributed by atoms with Crippen LogP contribution in [0, 0.1) is 17.0 Å². The van der Waals surface area contributed by atoms with Crippen LogP contribution in [0.2, 0.25) is 0 Å². The maximum absolute atomic E-state index is 12.5. The first-order chi connectivity index (χ1) is 16.8. The van der Waals surface area contributed by atoms with Gasteiger partial charge in [-0.2, -0.15) is 0 Å². The molecule has 0 bridgehead atoms. The smallest absolute Gasteiger partial charge is 0.341 e. The first-order valence-corrected chi connectivity index (χ1v) is 12.0. The van der Waals surface area contributed by atoms with Crippen molar-refractivity contribution >= 4 is 28.6 Å². The number of fused-ring (bicyclic) bond motifs is 1. The van der Waals surface area contributed by atoms with E-state index in [0.29, 0.717) is 35.4 Å². The van der Waals surface area contributed by atoms with Gasteiger partial charge in [-0.1, -0.05) is 36.4 Å². The third-order valence-electron chi connectivity index (χ3n) is 6.10. The number of ether oxygens (including phenoxy) is 1. The summed E-state index contributed by atoms with van der Waals surface area (Å²) < 4.78 is 29.6. The van der Waals surface area contributed by atoms with E-state index >= 15 is 0 Å². The Morgan fingerprint density at radius 3 is 2.54 bits per heavy atom. The molecule has 9 nitrogen and oxygen atoms in total. The Kier molecular flexibility index (Phi) is 7.13. The van der Waals surface area contributed by atoms with E-state index in [9.17, 15) is 23.7 Å². The van der Waals surface area contributed by atoms with Gasteiger partial charge < -0.3 is 9.84 Å². The maximum atomic E-state index is 12.5. The summed E-state index contributed by atoms with van der Waals surface area (Å²) in [6.07, 6.45) is 2.05. The molecular weight excluding hydrogens is 472 g/mol. The number of carbonyl (C=O) groups is 1. The first-order valence-electron chi connectivity index (χ1n) is 11.0. The number of nitrogens with zero attached hydrogens (tertiary/aromatic N) is 2. The van der Waals surface area contributed by atoms with Crippen LogP contribution < -0.4 is 9.04 Å². The zero-order chi connectivity index (χ0) is 25.1. The number of carboxylic acid groups (broad SMARTS) is 1. The van der Waals surface area contributed by atoms with E-state index in [1.54, 1.807) is 55.5 Å². The van der Waals surface area contributed by atoms with Gasteiger partial charge in [0.1, 0.15) is 5.75 Å². The fourth-order valence-electron chi connectivity index (χ4n) is 4.47. The summed E-state index contributed by atoms with van der Waals surface area (Å²) in [6, 6.07) is 16.9. The van der Waals surface area contributed by atoms with Gasteiger partial charge in [-0.25, -0.2) is 9.00 Å². The summed E-state index contributed by atoms with van der Waals surface area (Å²) in [5.41, 5.74) is 4.20.